The van der Waals surface area contributed by atoms with Crippen molar-refractivity contribution in [2.45, 2.75) is 25.7 Å². The molecule has 2 aliphatic heterocycles. The first kappa shape index (κ1) is 17.0. The van der Waals surface area contributed by atoms with Crippen LogP contribution in [-0.4, -0.2) is 47.9 Å². The third-order valence-electron chi connectivity index (χ3n) is 4.65. The molecule has 3 amide bonds. The average molecular weight is 354 g/mol. The third kappa shape index (κ3) is 3.80. The maximum atomic E-state index is 13.5. The van der Waals surface area contributed by atoms with Crippen LogP contribution in [0.4, 0.5) is 14.9 Å². The lowest BCUT2D eigenvalue weighted by Gasteiger charge is -2.33. The number of carbonyl (C=O) groups is 2. The molecule has 2 heterocycles. The van der Waals surface area contributed by atoms with Gasteiger partial charge >= 0.3 is 6.03 Å². The van der Waals surface area contributed by atoms with Gasteiger partial charge in [0.2, 0.25) is 5.91 Å². The van der Waals surface area contributed by atoms with Crippen LogP contribution in [0.3, 0.4) is 0 Å². The Morgan fingerprint density at radius 2 is 1.83 bits per heavy atom. The summed E-state index contributed by atoms with van der Waals surface area (Å²) < 4.78 is 13.5. The second kappa shape index (κ2) is 7.38. The van der Waals surface area contributed by atoms with Crippen LogP contribution < -0.4 is 5.32 Å². The molecule has 1 N–H and O–H groups in total. The summed E-state index contributed by atoms with van der Waals surface area (Å²) in [7, 11) is 0. The van der Waals surface area contributed by atoms with Crippen molar-refractivity contribution in [3.05, 3.63) is 29.0 Å². The zero-order valence-electron chi connectivity index (χ0n) is 13.4. The quantitative estimate of drug-likeness (QED) is 0.886. The summed E-state index contributed by atoms with van der Waals surface area (Å²) in [6, 6.07) is 3.84. The van der Waals surface area contributed by atoms with Crippen molar-refractivity contribution < 1.29 is 14.0 Å². The van der Waals surface area contributed by atoms with E-state index >= 15 is 0 Å². The molecule has 0 saturated carbocycles. The fraction of sp³-hybridized carbons (Fsp3) is 0.529. The summed E-state index contributed by atoms with van der Waals surface area (Å²) in [5.74, 6) is -0.553. The molecule has 3 rings (SSSR count). The van der Waals surface area contributed by atoms with Crippen LogP contribution in [-0.2, 0) is 4.79 Å². The van der Waals surface area contributed by atoms with E-state index in [0.717, 1.165) is 38.8 Å². The van der Waals surface area contributed by atoms with E-state index in [1.165, 1.54) is 12.1 Å². The number of amides is 3. The molecular weight excluding hydrogens is 333 g/mol. The Labute approximate surface area is 145 Å². The molecule has 1 aromatic carbocycles. The molecule has 5 nitrogen and oxygen atoms in total. The predicted octanol–water partition coefficient (Wildman–Crippen LogP) is 3.35. The zero-order chi connectivity index (χ0) is 17.1. The summed E-state index contributed by atoms with van der Waals surface area (Å²) in [6.45, 7) is 2.67. The van der Waals surface area contributed by atoms with Gasteiger partial charge < -0.3 is 15.1 Å². The maximum absolute atomic E-state index is 13.5. The van der Waals surface area contributed by atoms with Gasteiger partial charge in [-0.1, -0.05) is 11.6 Å². The second-order valence-corrected chi connectivity index (χ2v) is 6.78. The smallest absolute Gasteiger partial charge is 0.321 e. The number of nitrogens with zero attached hydrogens (tertiary/aromatic N) is 2. The van der Waals surface area contributed by atoms with Gasteiger partial charge in [-0.25, -0.2) is 9.18 Å². The number of halogens is 2. The number of piperidine rings is 1. The lowest BCUT2D eigenvalue weighted by atomic mass is 9.97. The number of anilines is 1. The molecule has 2 saturated heterocycles. The van der Waals surface area contributed by atoms with Gasteiger partial charge in [0.05, 0.1) is 10.9 Å². The van der Waals surface area contributed by atoms with Gasteiger partial charge in [0.1, 0.15) is 5.82 Å². The number of likely N-dealkylation sites (tertiary alicyclic amines) is 2. The second-order valence-electron chi connectivity index (χ2n) is 6.38. The number of hydrogen-bond acceptors (Lipinski definition) is 2. The lowest BCUT2D eigenvalue weighted by Crippen LogP contribution is -2.47. The molecule has 0 radical (unpaired) electrons. The number of carbonyl (C=O) groups excluding carboxylic acids is 2. The van der Waals surface area contributed by atoms with Crippen molar-refractivity contribution in [2.75, 3.05) is 31.5 Å². The minimum absolute atomic E-state index is 0.0160. The zero-order valence-corrected chi connectivity index (χ0v) is 14.2. The van der Waals surface area contributed by atoms with E-state index in [9.17, 15) is 14.0 Å². The Morgan fingerprint density at radius 1 is 1.12 bits per heavy atom. The lowest BCUT2D eigenvalue weighted by molar-refractivity contribution is -0.135. The van der Waals surface area contributed by atoms with E-state index in [2.05, 4.69) is 5.32 Å². The average Bonchev–Trinajstić information content (AvgIpc) is 3.12. The van der Waals surface area contributed by atoms with E-state index < -0.39 is 5.82 Å². The largest absolute Gasteiger partial charge is 0.342 e. The summed E-state index contributed by atoms with van der Waals surface area (Å²) >= 11 is 5.64. The molecule has 0 aliphatic carbocycles. The van der Waals surface area contributed by atoms with E-state index in [1.807, 2.05) is 4.90 Å². The minimum atomic E-state index is -0.574. The fourth-order valence-electron chi connectivity index (χ4n) is 3.34. The van der Waals surface area contributed by atoms with Crippen molar-refractivity contribution in [3.8, 4) is 0 Å². The number of nitrogens with one attached hydrogen (secondary N) is 1. The van der Waals surface area contributed by atoms with E-state index in [1.54, 1.807) is 11.0 Å². The van der Waals surface area contributed by atoms with Gasteiger partial charge in [0, 0.05) is 31.9 Å². The molecule has 0 spiro atoms. The summed E-state index contributed by atoms with van der Waals surface area (Å²) in [4.78, 5) is 28.4. The highest BCUT2D eigenvalue weighted by atomic mass is 35.5. The van der Waals surface area contributed by atoms with Crippen molar-refractivity contribution in [2.24, 2.45) is 5.92 Å². The van der Waals surface area contributed by atoms with Crippen LogP contribution in [0, 0.1) is 11.7 Å². The summed E-state index contributed by atoms with van der Waals surface area (Å²) in [5, 5.41) is 2.69. The van der Waals surface area contributed by atoms with Crippen LogP contribution >= 0.6 is 11.6 Å². The molecule has 24 heavy (non-hydrogen) atoms. The molecular formula is C17H21ClFN3O2. The SMILES string of the molecule is O=C(Nc1ccc(Cl)c(F)c1)N1CCCC(C(=O)N2CCCC2)C1. The van der Waals surface area contributed by atoms with Gasteiger partial charge in [-0.3, -0.25) is 4.79 Å². The van der Waals surface area contributed by atoms with Crippen LogP contribution in [0.1, 0.15) is 25.7 Å². The highest BCUT2D eigenvalue weighted by molar-refractivity contribution is 6.30. The summed E-state index contributed by atoms with van der Waals surface area (Å²) in [6.07, 6.45) is 3.73. The predicted molar refractivity (Wildman–Crippen MR) is 90.5 cm³/mol. The minimum Gasteiger partial charge on any atom is -0.342 e. The Morgan fingerprint density at radius 3 is 2.54 bits per heavy atom. The summed E-state index contributed by atoms with van der Waals surface area (Å²) in [5.41, 5.74) is 0.356. The molecule has 2 fully saturated rings. The monoisotopic (exact) mass is 353 g/mol. The van der Waals surface area contributed by atoms with E-state index in [4.69, 9.17) is 11.6 Å². The number of urea groups is 1. The highest BCUT2D eigenvalue weighted by Gasteiger charge is 2.32. The van der Waals surface area contributed by atoms with E-state index in [0.29, 0.717) is 18.8 Å². The number of benzene rings is 1. The molecule has 1 aromatic rings. The number of hydrogen-bond donors (Lipinski definition) is 1. The molecule has 1 atom stereocenters. The third-order valence-corrected chi connectivity index (χ3v) is 4.95. The fourth-order valence-corrected chi connectivity index (χ4v) is 3.45. The van der Waals surface area contributed by atoms with Gasteiger partial charge in [0.15, 0.2) is 0 Å². The van der Waals surface area contributed by atoms with Crippen LogP contribution in [0.2, 0.25) is 5.02 Å². The molecule has 0 aromatic heterocycles. The standard InChI is InChI=1S/C17H21ClFN3O2/c18-14-6-5-13(10-15(14)19)20-17(24)22-9-3-4-12(11-22)16(23)21-7-1-2-8-21/h5-6,10,12H,1-4,7-9,11H2,(H,20,24). The Kier molecular flexibility index (Phi) is 5.23. The maximum Gasteiger partial charge on any atom is 0.321 e. The number of rotatable bonds is 2. The van der Waals surface area contributed by atoms with E-state index in [-0.39, 0.29) is 22.9 Å². The Bertz CT molecular complexity index is 634. The van der Waals surface area contributed by atoms with Crippen LogP contribution in [0.25, 0.3) is 0 Å². The highest BCUT2D eigenvalue weighted by Crippen LogP contribution is 2.23. The Balaban J connectivity index is 1.60. The first-order valence-corrected chi connectivity index (χ1v) is 8.72. The molecule has 130 valence electrons. The normalized spacial score (nSPS) is 21.0. The van der Waals surface area contributed by atoms with Crippen LogP contribution in [0.15, 0.2) is 18.2 Å². The molecule has 0 bridgehead atoms. The Hall–Kier alpha value is -1.82. The van der Waals surface area contributed by atoms with Gasteiger partial charge in [0.25, 0.3) is 0 Å². The van der Waals surface area contributed by atoms with Gasteiger partial charge in [-0.15, -0.1) is 0 Å². The van der Waals surface area contributed by atoms with Gasteiger partial charge in [-0.05, 0) is 43.9 Å². The van der Waals surface area contributed by atoms with Crippen LogP contribution in [0.5, 0.6) is 0 Å². The molecule has 2 aliphatic rings. The van der Waals surface area contributed by atoms with Crippen molar-refractivity contribution in [1.82, 2.24) is 9.80 Å². The van der Waals surface area contributed by atoms with Crippen molar-refractivity contribution in [1.29, 1.82) is 0 Å². The topological polar surface area (TPSA) is 52.7 Å². The van der Waals surface area contributed by atoms with Crippen molar-refractivity contribution in [3.63, 3.8) is 0 Å². The molecule has 1 unspecified atom stereocenters. The molecule has 7 heteroatoms. The van der Waals surface area contributed by atoms with Crippen molar-refractivity contribution >= 4 is 29.2 Å². The van der Waals surface area contributed by atoms with Gasteiger partial charge in [-0.2, -0.15) is 0 Å². The first-order chi connectivity index (χ1) is 11.5. The first-order valence-electron chi connectivity index (χ1n) is 8.34.